The molecule has 0 radical (unpaired) electrons. The van der Waals surface area contributed by atoms with Crippen LogP contribution in [0.5, 0.6) is 0 Å². The molecular weight excluding hydrogens is 407 g/mol. The van der Waals surface area contributed by atoms with Crippen molar-refractivity contribution in [1.29, 1.82) is 0 Å². The highest BCUT2D eigenvalue weighted by atomic mass is 35.5. The van der Waals surface area contributed by atoms with Gasteiger partial charge in [0.25, 0.3) is 0 Å². The molecule has 0 fully saturated rings. The third kappa shape index (κ3) is 3.09. The maximum Gasteiger partial charge on any atom is 0.229 e. The number of fused-ring (bicyclic) bond motifs is 2. The molecule has 2 aromatic heterocycles. The minimum absolute atomic E-state index is 0.00130. The molecule has 0 amide bonds. The first-order chi connectivity index (χ1) is 14.0. The van der Waals surface area contributed by atoms with Gasteiger partial charge in [-0.15, -0.1) is 0 Å². The van der Waals surface area contributed by atoms with E-state index in [0.29, 0.717) is 56.7 Å². The van der Waals surface area contributed by atoms with Gasteiger partial charge in [0.1, 0.15) is 5.76 Å². The van der Waals surface area contributed by atoms with E-state index >= 15 is 0 Å². The van der Waals surface area contributed by atoms with Gasteiger partial charge in [-0.3, -0.25) is 4.79 Å². The van der Waals surface area contributed by atoms with Gasteiger partial charge in [-0.25, -0.2) is 4.98 Å². The number of halogens is 2. The Hall–Kier alpha value is -2.82. The zero-order chi connectivity index (χ0) is 20.1. The van der Waals surface area contributed by atoms with Crippen LogP contribution in [-0.4, -0.2) is 10.8 Å². The molecule has 6 heteroatoms. The van der Waals surface area contributed by atoms with Crippen LogP contribution in [0.3, 0.4) is 0 Å². The van der Waals surface area contributed by atoms with Gasteiger partial charge in [-0.2, -0.15) is 0 Å². The number of benzene rings is 2. The summed E-state index contributed by atoms with van der Waals surface area (Å²) in [5, 5.41) is 1.88. The molecule has 2 aromatic carbocycles. The Morgan fingerprint density at radius 1 is 1.03 bits per heavy atom. The lowest BCUT2D eigenvalue weighted by atomic mass is 9.81. The third-order valence-electron chi connectivity index (χ3n) is 5.43. The Labute approximate surface area is 177 Å². The van der Waals surface area contributed by atoms with E-state index in [0.717, 1.165) is 11.1 Å². The second-order valence-electron chi connectivity index (χ2n) is 7.24. The van der Waals surface area contributed by atoms with Gasteiger partial charge < -0.3 is 10.2 Å². The van der Waals surface area contributed by atoms with Crippen LogP contribution in [0.4, 0.5) is 5.69 Å². The average Bonchev–Trinajstić information content (AvgIpc) is 3.12. The summed E-state index contributed by atoms with van der Waals surface area (Å²) in [7, 11) is 0. The second-order valence-corrected chi connectivity index (χ2v) is 8.08. The molecule has 1 aliphatic carbocycles. The van der Waals surface area contributed by atoms with Crippen molar-refractivity contribution in [2.75, 3.05) is 5.73 Å². The fraction of sp³-hybridized carbons (Fsp3) is 0.130. The van der Waals surface area contributed by atoms with Crippen LogP contribution < -0.4 is 5.73 Å². The van der Waals surface area contributed by atoms with Gasteiger partial charge in [0.15, 0.2) is 5.78 Å². The Balaban J connectivity index is 1.61. The molecule has 2 heterocycles. The summed E-state index contributed by atoms with van der Waals surface area (Å²) in [6.07, 6.45) is 1.01. The number of carbonyl (C=O) groups excluding carboxylic acids is 1. The number of anilines is 1. The number of ketones is 1. The minimum Gasteiger partial charge on any atom is -0.438 e. The monoisotopic (exact) mass is 422 g/mol. The van der Waals surface area contributed by atoms with Crippen LogP contribution in [0, 0.1) is 0 Å². The number of hydrogen-bond acceptors (Lipinski definition) is 4. The molecule has 0 saturated heterocycles. The summed E-state index contributed by atoms with van der Waals surface area (Å²) in [6.45, 7) is 0. The molecule has 0 bridgehead atoms. The number of pyridine rings is 1. The molecule has 5 rings (SSSR count). The zero-order valence-corrected chi connectivity index (χ0v) is 16.8. The van der Waals surface area contributed by atoms with Gasteiger partial charge in [-0.05, 0) is 48.2 Å². The topological polar surface area (TPSA) is 69.1 Å². The van der Waals surface area contributed by atoms with Gasteiger partial charge in [0.2, 0.25) is 5.71 Å². The molecule has 0 saturated carbocycles. The lowest BCUT2D eigenvalue weighted by Crippen LogP contribution is -2.21. The van der Waals surface area contributed by atoms with Gasteiger partial charge in [0.05, 0.1) is 27.4 Å². The summed E-state index contributed by atoms with van der Waals surface area (Å²) in [4.78, 5) is 17.6. The molecule has 0 unspecified atom stereocenters. The lowest BCUT2D eigenvalue weighted by Gasteiger charge is -2.24. The number of nitrogens with two attached hydrogens (primary N) is 1. The highest BCUT2D eigenvalue weighted by Crippen LogP contribution is 2.40. The minimum atomic E-state index is -0.00130. The summed E-state index contributed by atoms with van der Waals surface area (Å²) >= 11 is 12.3. The van der Waals surface area contributed by atoms with Crippen LogP contribution in [-0.2, 0) is 6.42 Å². The van der Waals surface area contributed by atoms with Crippen molar-refractivity contribution in [2.24, 2.45) is 0 Å². The predicted octanol–water partition coefficient (Wildman–Crippen LogP) is 6.30. The highest BCUT2D eigenvalue weighted by molar-refractivity contribution is 6.33. The molecule has 29 heavy (non-hydrogen) atoms. The van der Waals surface area contributed by atoms with E-state index in [2.05, 4.69) is 4.98 Å². The first-order valence-electron chi connectivity index (χ1n) is 9.26. The van der Waals surface area contributed by atoms with Gasteiger partial charge in [-0.1, -0.05) is 47.5 Å². The van der Waals surface area contributed by atoms with Crippen LogP contribution in [0.15, 0.2) is 59.0 Å². The molecule has 2 N–H and O–H groups in total. The number of furan rings is 1. The van der Waals surface area contributed by atoms with E-state index in [9.17, 15) is 4.79 Å². The summed E-state index contributed by atoms with van der Waals surface area (Å²) in [5.74, 6) is 0.613. The van der Waals surface area contributed by atoms with Crippen molar-refractivity contribution in [1.82, 2.24) is 4.98 Å². The van der Waals surface area contributed by atoms with Gasteiger partial charge >= 0.3 is 0 Å². The first kappa shape index (κ1) is 18.2. The first-order valence-corrected chi connectivity index (χ1v) is 10.0. The van der Waals surface area contributed by atoms with E-state index in [1.54, 1.807) is 12.1 Å². The SMILES string of the molecule is Nc1c2c(nc3oc(-c4ccccc4Cl)cc13)C[C@H](c1ccc(Cl)cc1)CC2=O. The standard InChI is InChI=1S/C23H16Cl2N2O2/c24-14-7-5-12(6-8-14)13-9-18-21(19(28)10-13)22(26)16-11-20(29-23(16)27-18)15-3-1-2-4-17(15)25/h1-8,11,13H,9-10H2,(H2,26,27)/t13-/m0/s1. The van der Waals surface area contributed by atoms with Crippen molar-refractivity contribution in [3.8, 4) is 11.3 Å². The third-order valence-corrected chi connectivity index (χ3v) is 6.01. The Morgan fingerprint density at radius 2 is 1.79 bits per heavy atom. The Bertz CT molecular complexity index is 1260. The van der Waals surface area contributed by atoms with E-state index in [-0.39, 0.29) is 11.7 Å². The molecule has 0 aliphatic heterocycles. The van der Waals surface area contributed by atoms with Crippen LogP contribution in [0.2, 0.25) is 10.0 Å². The summed E-state index contributed by atoms with van der Waals surface area (Å²) in [6, 6.07) is 16.8. The summed E-state index contributed by atoms with van der Waals surface area (Å²) in [5.41, 5.74) is 10.2. The maximum absolute atomic E-state index is 12.9. The Morgan fingerprint density at radius 3 is 2.55 bits per heavy atom. The normalized spacial score (nSPS) is 16.2. The predicted molar refractivity (Wildman–Crippen MR) is 116 cm³/mol. The van der Waals surface area contributed by atoms with E-state index in [1.807, 2.05) is 42.5 Å². The number of aromatic nitrogens is 1. The van der Waals surface area contributed by atoms with Crippen molar-refractivity contribution < 1.29 is 9.21 Å². The largest absolute Gasteiger partial charge is 0.438 e. The number of nitrogens with zero attached hydrogens (tertiary/aromatic N) is 1. The molecule has 4 nitrogen and oxygen atoms in total. The smallest absolute Gasteiger partial charge is 0.229 e. The van der Waals surface area contributed by atoms with Crippen LogP contribution >= 0.6 is 23.2 Å². The fourth-order valence-electron chi connectivity index (χ4n) is 3.98. The van der Waals surface area contributed by atoms with Crippen molar-refractivity contribution in [2.45, 2.75) is 18.8 Å². The molecule has 1 atom stereocenters. The van der Waals surface area contributed by atoms with E-state index < -0.39 is 0 Å². The molecule has 4 aromatic rings. The van der Waals surface area contributed by atoms with Crippen molar-refractivity contribution in [3.63, 3.8) is 0 Å². The molecular formula is C23H16Cl2N2O2. The fourth-order valence-corrected chi connectivity index (χ4v) is 4.34. The Kier molecular flexibility index (Phi) is 4.34. The number of nitrogen functional groups attached to an aromatic ring is 1. The molecule has 144 valence electrons. The zero-order valence-electron chi connectivity index (χ0n) is 15.3. The number of Topliss-reactive ketones (excluding diaryl/α,β-unsaturated/α-hetero) is 1. The molecule has 1 aliphatic rings. The van der Waals surface area contributed by atoms with Crippen LogP contribution in [0.25, 0.3) is 22.4 Å². The van der Waals surface area contributed by atoms with E-state index in [1.165, 1.54) is 0 Å². The second kappa shape index (κ2) is 6.90. The number of rotatable bonds is 2. The highest BCUT2D eigenvalue weighted by Gasteiger charge is 2.31. The van der Waals surface area contributed by atoms with E-state index in [4.69, 9.17) is 33.4 Å². The van der Waals surface area contributed by atoms with Gasteiger partial charge in [0, 0.05) is 17.0 Å². The van der Waals surface area contributed by atoms with Crippen molar-refractivity contribution in [3.05, 3.63) is 81.5 Å². The number of hydrogen-bond donors (Lipinski definition) is 1. The summed E-state index contributed by atoms with van der Waals surface area (Å²) < 4.78 is 5.97. The van der Waals surface area contributed by atoms with Crippen LogP contribution in [0.1, 0.15) is 34.0 Å². The average molecular weight is 423 g/mol. The molecule has 0 spiro atoms. The lowest BCUT2D eigenvalue weighted by molar-refractivity contribution is 0.0964. The maximum atomic E-state index is 12.9. The quantitative estimate of drug-likeness (QED) is 0.411. The number of carbonyl (C=O) groups is 1. The van der Waals surface area contributed by atoms with Crippen molar-refractivity contribution >= 4 is 45.8 Å².